The zero-order chi connectivity index (χ0) is 10.4. The van der Waals surface area contributed by atoms with E-state index < -0.39 is 0 Å². The third kappa shape index (κ3) is 3.37. The van der Waals surface area contributed by atoms with Crippen molar-refractivity contribution in [1.82, 2.24) is 0 Å². The molecule has 0 amide bonds. The van der Waals surface area contributed by atoms with Crippen molar-refractivity contribution in [1.29, 1.82) is 0 Å². The molecule has 0 atom stereocenters. The van der Waals surface area contributed by atoms with Crippen LogP contribution >= 0.6 is 0 Å². The van der Waals surface area contributed by atoms with Crippen molar-refractivity contribution in [2.24, 2.45) is 0 Å². The van der Waals surface area contributed by atoms with Crippen LogP contribution in [-0.4, -0.2) is 5.11 Å². The SMILES string of the molecule is CC=C(C)C#CCc1ccc(O)cc1. The molecule has 1 aromatic carbocycles. The molecule has 0 saturated heterocycles. The lowest BCUT2D eigenvalue weighted by atomic mass is 10.1. The van der Waals surface area contributed by atoms with Crippen molar-refractivity contribution in [3.63, 3.8) is 0 Å². The van der Waals surface area contributed by atoms with Crippen LogP contribution in [-0.2, 0) is 6.42 Å². The van der Waals surface area contributed by atoms with Gasteiger partial charge in [0.1, 0.15) is 5.75 Å². The molecule has 0 aliphatic heterocycles. The maximum atomic E-state index is 9.06. The highest BCUT2D eigenvalue weighted by Crippen LogP contribution is 2.09. The minimum absolute atomic E-state index is 0.298. The molecule has 1 nitrogen and oxygen atoms in total. The maximum Gasteiger partial charge on any atom is 0.115 e. The molecule has 1 heteroatoms. The van der Waals surface area contributed by atoms with Gasteiger partial charge in [0.25, 0.3) is 0 Å². The number of benzene rings is 1. The summed E-state index contributed by atoms with van der Waals surface area (Å²) in [6.45, 7) is 3.97. The molecule has 72 valence electrons. The normalized spacial score (nSPS) is 10.6. The summed E-state index contributed by atoms with van der Waals surface area (Å²) in [5.41, 5.74) is 2.21. The second kappa shape index (κ2) is 5.14. The Morgan fingerprint density at radius 2 is 2.00 bits per heavy atom. The van der Waals surface area contributed by atoms with Gasteiger partial charge >= 0.3 is 0 Å². The fourth-order valence-corrected chi connectivity index (χ4v) is 0.972. The largest absolute Gasteiger partial charge is 0.508 e. The topological polar surface area (TPSA) is 20.2 Å². The van der Waals surface area contributed by atoms with Gasteiger partial charge in [0.2, 0.25) is 0 Å². The number of rotatable bonds is 1. The highest BCUT2D eigenvalue weighted by Gasteiger charge is 1.89. The molecule has 0 fully saturated rings. The fourth-order valence-electron chi connectivity index (χ4n) is 0.972. The van der Waals surface area contributed by atoms with E-state index in [2.05, 4.69) is 11.8 Å². The Labute approximate surface area is 85.1 Å². The summed E-state index contributed by atoms with van der Waals surface area (Å²) in [4.78, 5) is 0. The Morgan fingerprint density at radius 3 is 2.57 bits per heavy atom. The van der Waals surface area contributed by atoms with E-state index in [-0.39, 0.29) is 0 Å². The second-order valence-electron chi connectivity index (χ2n) is 3.12. The predicted molar refractivity (Wildman–Crippen MR) is 59.0 cm³/mol. The van der Waals surface area contributed by atoms with Crippen LogP contribution in [0.2, 0.25) is 0 Å². The number of hydrogen-bond acceptors (Lipinski definition) is 1. The van der Waals surface area contributed by atoms with Crippen molar-refractivity contribution in [3.8, 4) is 17.6 Å². The van der Waals surface area contributed by atoms with Crippen molar-refractivity contribution >= 4 is 0 Å². The van der Waals surface area contributed by atoms with E-state index in [9.17, 15) is 0 Å². The van der Waals surface area contributed by atoms with Crippen LogP contribution in [0.25, 0.3) is 0 Å². The lowest BCUT2D eigenvalue weighted by Crippen LogP contribution is -1.79. The quantitative estimate of drug-likeness (QED) is 0.668. The first kappa shape index (κ1) is 10.4. The van der Waals surface area contributed by atoms with Crippen molar-refractivity contribution < 1.29 is 5.11 Å². The van der Waals surface area contributed by atoms with Crippen molar-refractivity contribution in [2.75, 3.05) is 0 Å². The molecule has 0 aliphatic rings. The Kier molecular flexibility index (Phi) is 3.82. The zero-order valence-electron chi connectivity index (χ0n) is 8.54. The third-order valence-electron chi connectivity index (χ3n) is 1.95. The lowest BCUT2D eigenvalue weighted by molar-refractivity contribution is 0.475. The van der Waals surface area contributed by atoms with Gasteiger partial charge < -0.3 is 5.11 Å². The molecule has 1 rings (SSSR count). The number of allylic oxidation sites excluding steroid dienone is 2. The summed E-state index contributed by atoms with van der Waals surface area (Å²) in [6.07, 6.45) is 2.72. The predicted octanol–water partition coefficient (Wildman–Crippen LogP) is 2.90. The van der Waals surface area contributed by atoms with Gasteiger partial charge in [0.15, 0.2) is 0 Å². The van der Waals surface area contributed by atoms with Gasteiger partial charge in [-0.15, -0.1) is 0 Å². The molecule has 0 saturated carbocycles. The highest BCUT2D eigenvalue weighted by molar-refractivity contribution is 5.31. The van der Waals surface area contributed by atoms with E-state index in [0.717, 1.165) is 17.6 Å². The van der Waals surface area contributed by atoms with E-state index in [0.29, 0.717) is 5.75 Å². The standard InChI is InChI=1S/C13H14O/c1-3-11(2)5-4-6-12-7-9-13(14)10-8-12/h3,7-10,14H,6H2,1-2H3. The molecule has 0 aliphatic carbocycles. The molecule has 1 N–H and O–H groups in total. The smallest absolute Gasteiger partial charge is 0.115 e. The minimum atomic E-state index is 0.298. The average molecular weight is 186 g/mol. The summed E-state index contributed by atoms with van der Waals surface area (Å²) < 4.78 is 0. The van der Waals surface area contributed by atoms with E-state index in [1.165, 1.54) is 0 Å². The van der Waals surface area contributed by atoms with Gasteiger partial charge in [-0.1, -0.05) is 30.0 Å². The van der Waals surface area contributed by atoms with Crippen molar-refractivity contribution in [2.45, 2.75) is 20.3 Å². The monoisotopic (exact) mass is 186 g/mol. The Morgan fingerprint density at radius 1 is 1.36 bits per heavy atom. The van der Waals surface area contributed by atoms with Gasteiger partial charge in [-0.3, -0.25) is 0 Å². The zero-order valence-corrected chi connectivity index (χ0v) is 8.54. The van der Waals surface area contributed by atoms with E-state index in [4.69, 9.17) is 5.11 Å². The number of hydrogen-bond donors (Lipinski definition) is 1. The van der Waals surface area contributed by atoms with E-state index in [1.807, 2.05) is 32.1 Å². The highest BCUT2D eigenvalue weighted by atomic mass is 16.3. The summed E-state index contributed by atoms with van der Waals surface area (Å²) in [5.74, 6) is 6.41. The number of aromatic hydroxyl groups is 1. The minimum Gasteiger partial charge on any atom is -0.508 e. The van der Waals surface area contributed by atoms with Gasteiger partial charge in [-0.2, -0.15) is 0 Å². The van der Waals surface area contributed by atoms with Crippen LogP contribution in [0.3, 0.4) is 0 Å². The molecule has 14 heavy (non-hydrogen) atoms. The Hall–Kier alpha value is -1.68. The molecule has 0 spiro atoms. The summed E-state index contributed by atoms with van der Waals surface area (Å²) in [7, 11) is 0. The third-order valence-corrected chi connectivity index (χ3v) is 1.95. The van der Waals surface area contributed by atoms with Crippen LogP contribution in [0, 0.1) is 11.8 Å². The molecule has 0 radical (unpaired) electrons. The molecule has 1 aromatic rings. The first-order valence-electron chi connectivity index (χ1n) is 4.62. The number of phenolic OH excluding ortho intramolecular Hbond substituents is 1. The van der Waals surface area contributed by atoms with Crippen molar-refractivity contribution in [3.05, 3.63) is 41.5 Å². The summed E-state index contributed by atoms with van der Waals surface area (Å²) in [6, 6.07) is 7.13. The fraction of sp³-hybridized carbons (Fsp3) is 0.231. The Bertz CT molecular complexity index is 374. The molecule has 0 unspecified atom stereocenters. The Balaban J connectivity index is 2.61. The molecule has 0 heterocycles. The van der Waals surface area contributed by atoms with Crippen LogP contribution in [0.4, 0.5) is 0 Å². The van der Waals surface area contributed by atoms with Gasteiger partial charge in [0, 0.05) is 6.42 Å². The van der Waals surface area contributed by atoms with Crippen LogP contribution in [0.15, 0.2) is 35.9 Å². The maximum absolute atomic E-state index is 9.06. The van der Waals surface area contributed by atoms with E-state index in [1.54, 1.807) is 12.1 Å². The first-order valence-corrected chi connectivity index (χ1v) is 4.62. The lowest BCUT2D eigenvalue weighted by Gasteiger charge is -1.94. The summed E-state index contributed by atoms with van der Waals surface area (Å²) in [5, 5.41) is 9.06. The molecule has 0 aromatic heterocycles. The van der Waals surface area contributed by atoms with Gasteiger partial charge in [-0.25, -0.2) is 0 Å². The molecule has 0 bridgehead atoms. The first-order chi connectivity index (χ1) is 6.72. The van der Waals surface area contributed by atoms with Gasteiger partial charge in [0.05, 0.1) is 0 Å². The summed E-state index contributed by atoms with van der Waals surface area (Å²) >= 11 is 0. The number of phenols is 1. The average Bonchev–Trinajstić information content (AvgIpc) is 2.21. The second-order valence-corrected chi connectivity index (χ2v) is 3.12. The molecular weight excluding hydrogens is 172 g/mol. The van der Waals surface area contributed by atoms with E-state index >= 15 is 0 Å². The van der Waals surface area contributed by atoms with Crippen LogP contribution < -0.4 is 0 Å². The molecular formula is C13H14O. The van der Waals surface area contributed by atoms with Gasteiger partial charge in [-0.05, 0) is 37.1 Å². The van der Waals surface area contributed by atoms with Crippen LogP contribution in [0.1, 0.15) is 19.4 Å². The van der Waals surface area contributed by atoms with Crippen LogP contribution in [0.5, 0.6) is 5.75 Å².